The molecule has 1 aliphatic carbocycles. The van der Waals surface area contributed by atoms with Crippen LogP contribution in [-0.2, 0) is 0 Å². The summed E-state index contributed by atoms with van der Waals surface area (Å²) in [6.07, 6.45) is 5.59. The van der Waals surface area contributed by atoms with E-state index in [0.29, 0.717) is 17.0 Å². The summed E-state index contributed by atoms with van der Waals surface area (Å²) in [7, 11) is 3.95. The molecule has 1 aliphatic rings. The maximum Gasteiger partial charge on any atom is 0.319 e. The molecule has 1 heterocycles. The predicted molar refractivity (Wildman–Crippen MR) is 114 cm³/mol. The molecule has 150 valence electrons. The van der Waals surface area contributed by atoms with Crippen LogP contribution in [0.2, 0.25) is 5.02 Å². The number of aryl methyl sites for hydroxylation is 1. The zero-order valence-electron chi connectivity index (χ0n) is 16.5. The summed E-state index contributed by atoms with van der Waals surface area (Å²) in [6.45, 7) is 2.01. The van der Waals surface area contributed by atoms with Gasteiger partial charge in [-0.15, -0.1) is 0 Å². The second-order valence-corrected chi connectivity index (χ2v) is 7.83. The van der Waals surface area contributed by atoms with Crippen molar-refractivity contribution in [1.82, 2.24) is 15.3 Å². The summed E-state index contributed by atoms with van der Waals surface area (Å²) >= 11 is 5.86. The highest BCUT2D eigenvalue weighted by Crippen LogP contribution is 2.23. The third-order valence-electron chi connectivity index (χ3n) is 4.87. The Labute approximate surface area is 170 Å². The fraction of sp³-hybridized carbons (Fsp3) is 0.450. The van der Waals surface area contributed by atoms with Gasteiger partial charge in [-0.1, -0.05) is 11.6 Å². The number of nitrogens with one attached hydrogen (secondary N) is 3. The van der Waals surface area contributed by atoms with Crippen LogP contribution in [0.1, 0.15) is 31.2 Å². The Bertz CT molecular complexity index is 803. The van der Waals surface area contributed by atoms with Crippen molar-refractivity contribution < 1.29 is 4.79 Å². The zero-order valence-corrected chi connectivity index (χ0v) is 17.3. The number of hydrogen-bond donors (Lipinski definition) is 3. The minimum Gasteiger partial charge on any atom is -0.362 e. The van der Waals surface area contributed by atoms with E-state index in [2.05, 4.69) is 25.9 Å². The van der Waals surface area contributed by atoms with Crippen LogP contribution in [0, 0.1) is 6.92 Å². The van der Waals surface area contributed by atoms with E-state index >= 15 is 0 Å². The lowest BCUT2D eigenvalue weighted by Crippen LogP contribution is -2.42. The van der Waals surface area contributed by atoms with Gasteiger partial charge in [-0.3, -0.25) is 0 Å². The minimum absolute atomic E-state index is 0.168. The standard InChI is InChI=1S/C20H27ClN6O/c1-13-12-22-19(26-18(13)27(2)3)23-15-8-10-17(11-9-15)25-20(28)24-16-6-4-14(21)5-7-16/h4-7,12,15,17H,8-11H2,1-3H3,(H,22,23,26)(H2,24,25,28). The number of carbonyl (C=O) groups is 1. The fourth-order valence-electron chi connectivity index (χ4n) is 3.41. The SMILES string of the molecule is Cc1cnc(NC2CCC(NC(=O)Nc3ccc(Cl)cc3)CC2)nc1N(C)C. The van der Waals surface area contributed by atoms with E-state index < -0.39 is 0 Å². The molecule has 3 N–H and O–H groups in total. The Kier molecular flexibility index (Phi) is 6.57. The van der Waals surface area contributed by atoms with Crippen molar-refractivity contribution in [1.29, 1.82) is 0 Å². The molecule has 3 rings (SSSR count). The molecule has 28 heavy (non-hydrogen) atoms. The second kappa shape index (κ2) is 9.10. The highest BCUT2D eigenvalue weighted by molar-refractivity contribution is 6.30. The van der Waals surface area contributed by atoms with Crippen LogP contribution >= 0.6 is 11.6 Å². The fourth-order valence-corrected chi connectivity index (χ4v) is 3.53. The van der Waals surface area contributed by atoms with Gasteiger partial charge >= 0.3 is 6.03 Å². The van der Waals surface area contributed by atoms with Crippen LogP contribution in [0.3, 0.4) is 0 Å². The first-order chi connectivity index (χ1) is 13.4. The number of halogens is 1. The van der Waals surface area contributed by atoms with E-state index in [9.17, 15) is 4.79 Å². The summed E-state index contributed by atoms with van der Waals surface area (Å²) in [5.41, 5.74) is 1.78. The second-order valence-electron chi connectivity index (χ2n) is 7.39. The molecule has 0 atom stereocenters. The van der Waals surface area contributed by atoms with E-state index in [1.807, 2.05) is 32.1 Å². The summed E-state index contributed by atoms with van der Waals surface area (Å²) in [4.78, 5) is 23.2. The number of anilines is 3. The van der Waals surface area contributed by atoms with Gasteiger partial charge in [0.25, 0.3) is 0 Å². The van der Waals surface area contributed by atoms with Crippen LogP contribution in [-0.4, -0.2) is 42.2 Å². The van der Waals surface area contributed by atoms with E-state index in [0.717, 1.165) is 42.8 Å². The number of amides is 2. The molecule has 1 saturated carbocycles. The minimum atomic E-state index is -0.184. The van der Waals surface area contributed by atoms with Crippen molar-refractivity contribution in [2.45, 2.75) is 44.7 Å². The predicted octanol–water partition coefficient (Wildman–Crippen LogP) is 4.05. The summed E-state index contributed by atoms with van der Waals surface area (Å²) in [5.74, 6) is 1.58. The number of hydrogen-bond acceptors (Lipinski definition) is 5. The van der Waals surface area contributed by atoms with Gasteiger partial charge in [0.05, 0.1) is 0 Å². The number of nitrogens with zero attached hydrogens (tertiary/aromatic N) is 3. The Morgan fingerprint density at radius 2 is 1.75 bits per heavy atom. The summed E-state index contributed by atoms with van der Waals surface area (Å²) in [6, 6.07) is 7.37. The van der Waals surface area contributed by atoms with Crippen LogP contribution in [0.15, 0.2) is 30.5 Å². The first-order valence-electron chi connectivity index (χ1n) is 9.51. The van der Waals surface area contributed by atoms with Crippen molar-refractivity contribution in [3.8, 4) is 0 Å². The third kappa shape index (κ3) is 5.48. The first kappa shape index (κ1) is 20.2. The maximum absolute atomic E-state index is 12.2. The Morgan fingerprint density at radius 1 is 1.11 bits per heavy atom. The molecule has 0 radical (unpaired) electrons. The normalized spacial score (nSPS) is 19.0. The number of urea groups is 1. The van der Waals surface area contributed by atoms with Crippen molar-refractivity contribution in [2.24, 2.45) is 0 Å². The van der Waals surface area contributed by atoms with E-state index in [-0.39, 0.29) is 12.1 Å². The smallest absolute Gasteiger partial charge is 0.319 e. The molecule has 8 heteroatoms. The van der Waals surface area contributed by atoms with Gasteiger partial charge in [0.15, 0.2) is 0 Å². The molecule has 0 saturated heterocycles. The molecular weight excluding hydrogens is 376 g/mol. The van der Waals surface area contributed by atoms with Crippen LogP contribution in [0.5, 0.6) is 0 Å². The Balaban J connectivity index is 1.46. The summed E-state index contributed by atoms with van der Waals surface area (Å²) in [5, 5.41) is 9.97. The summed E-state index contributed by atoms with van der Waals surface area (Å²) < 4.78 is 0. The molecule has 1 aromatic heterocycles. The molecule has 1 aromatic carbocycles. The lowest BCUT2D eigenvalue weighted by Gasteiger charge is -2.30. The van der Waals surface area contributed by atoms with E-state index in [1.54, 1.807) is 24.3 Å². The van der Waals surface area contributed by atoms with Crippen LogP contribution in [0.25, 0.3) is 0 Å². The largest absolute Gasteiger partial charge is 0.362 e. The Morgan fingerprint density at radius 3 is 2.39 bits per heavy atom. The molecule has 7 nitrogen and oxygen atoms in total. The molecule has 0 bridgehead atoms. The molecule has 0 spiro atoms. The van der Waals surface area contributed by atoms with Crippen molar-refractivity contribution in [3.63, 3.8) is 0 Å². The lowest BCUT2D eigenvalue weighted by molar-refractivity contribution is 0.243. The van der Waals surface area contributed by atoms with Crippen molar-refractivity contribution in [2.75, 3.05) is 29.6 Å². The van der Waals surface area contributed by atoms with Gasteiger partial charge < -0.3 is 20.9 Å². The van der Waals surface area contributed by atoms with Gasteiger partial charge in [0.2, 0.25) is 5.95 Å². The molecule has 0 unspecified atom stereocenters. The first-order valence-corrected chi connectivity index (χ1v) is 9.89. The number of aromatic nitrogens is 2. The highest BCUT2D eigenvalue weighted by atomic mass is 35.5. The molecule has 1 fully saturated rings. The van der Waals surface area contributed by atoms with Crippen LogP contribution < -0.4 is 20.9 Å². The highest BCUT2D eigenvalue weighted by Gasteiger charge is 2.23. The van der Waals surface area contributed by atoms with Gasteiger partial charge in [-0.25, -0.2) is 9.78 Å². The number of carbonyl (C=O) groups excluding carboxylic acids is 1. The van der Waals surface area contributed by atoms with E-state index in [1.165, 1.54) is 0 Å². The average Bonchev–Trinajstić information content (AvgIpc) is 2.66. The topological polar surface area (TPSA) is 82.2 Å². The molecule has 2 aromatic rings. The average molecular weight is 403 g/mol. The van der Waals surface area contributed by atoms with Gasteiger partial charge in [0.1, 0.15) is 5.82 Å². The molecule has 2 amide bonds. The Hall–Kier alpha value is -2.54. The van der Waals surface area contributed by atoms with Crippen molar-refractivity contribution >= 4 is 35.1 Å². The number of benzene rings is 1. The number of rotatable bonds is 5. The van der Waals surface area contributed by atoms with Gasteiger partial charge in [0, 0.05) is 48.6 Å². The van der Waals surface area contributed by atoms with Crippen LogP contribution in [0.4, 0.5) is 22.2 Å². The monoisotopic (exact) mass is 402 g/mol. The zero-order chi connectivity index (χ0) is 20.1. The molecule has 0 aliphatic heterocycles. The third-order valence-corrected chi connectivity index (χ3v) is 5.12. The maximum atomic E-state index is 12.2. The van der Waals surface area contributed by atoms with Crippen molar-refractivity contribution in [3.05, 3.63) is 41.0 Å². The quantitative estimate of drug-likeness (QED) is 0.702. The van der Waals surface area contributed by atoms with Gasteiger partial charge in [-0.2, -0.15) is 4.98 Å². The molecular formula is C20H27ClN6O. The lowest BCUT2D eigenvalue weighted by atomic mass is 9.91. The van der Waals surface area contributed by atoms with Gasteiger partial charge in [-0.05, 0) is 56.9 Å². The van der Waals surface area contributed by atoms with E-state index in [4.69, 9.17) is 11.6 Å².